The van der Waals surface area contributed by atoms with E-state index in [1.807, 2.05) is 30.8 Å². The first-order chi connectivity index (χ1) is 9.69. The molecule has 0 amide bonds. The lowest BCUT2D eigenvalue weighted by Gasteiger charge is -2.11. The van der Waals surface area contributed by atoms with Gasteiger partial charge in [-0.2, -0.15) is 5.10 Å². The Morgan fingerprint density at radius 3 is 2.76 bits per heavy atom. The summed E-state index contributed by atoms with van der Waals surface area (Å²) in [5.74, 6) is 0.794. The van der Waals surface area contributed by atoms with Crippen LogP contribution in [0.3, 0.4) is 0 Å². The second-order valence-corrected chi connectivity index (χ2v) is 5.65. The molecule has 0 radical (unpaired) electrons. The predicted octanol–water partition coefficient (Wildman–Crippen LogP) is 1.94. The summed E-state index contributed by atoms with van der Waals surface area (Å²) in [5, 5.41) is 11.8. The molecule has 2 N–H and O–H groups in total. The van der Waals surface area contributed by atoms with Crippen LogP contribution in [0.5, 0.6) is 0 Å². The lowest BCUT2D eigenvalue weighted by atomic mass is 10.4. The maximum atomic E-state index is 4.42. The standard InChI is InChI=1S/C13H20N6S.HI/c1-10-12(20-11(2)18-10)9-16-13(14-3)15-6-8-19-7-4-5-17-19;/h4-5,7H,6,8-9H2,1-3H3,(H2,14,15,16);1H. The van der Waals surface area contributed by atoms with Crippen LogP contribution >= 0.6 is 35.3 Å². The maximum Gasteiger partial charge on any atom is 0.191 e. The highest BCUT2D eigenvalue weighted by Gasteiger charge is 2.05. The third kappa shape index (κ3) is 5.62. The number of hydrogen-bond donors (Lipinski definition) is 2. The Kier molecular flexibility index (Phi) is 7.65. The third-order valence-corrected chi connectivity index (χ3v) is 3.90. The topological polar surface area (TPSA) is 67.1 Å². The van der Waals surface area contributed by atoms with Crippen molar-refractivity contribution < 1.29 is 0 Å². The highest BCUT2D eigenvalue weighted by atomic mass is 127. The van der Waals surface area contributed by atoms with Crippen molar-refractivity contribution in [3.8, 4) is 0 Å². The van der Waals surface area contributed by atoms with Crippen molar-refractivity contribution in [3.05, 3.63) is 34.0 Å². The van der Waals surface area contributed by atoms with E-state index in [9.17, 15) is 0 Å². The molecular weight excluding hydrogens is 399 g/mol. The molecule has 0 unspecified atom stereocenters. The van der Waals surface area contributed by atoms with Gasteiger partial charge in [-0.3, -0.25) is 9.67 Å². The molecule has 0 fully saturated rings. The van der Waals surface area contributed by atoms with Crippen molar-refractivity contribution in [2.45, 2.75) is 26.9 Å². The fourth-order valence-electron chi connectivity index (χ4n) is 1.84. The summed E-state index contributed by atoms with van der Waals surface area (Å²) in [6.45, 7) is 6.40. The Balaban J connectivity index is 0.00000220. The fraction of sp³-hybridized carbons (Fsp3) is 0.462. The molecule has 2 aromatic heterocycles. The van der Waals surface area contributed by atoms with Crippen LogP contribution in [0.2, 0.25) is 0 Å². The van der Waals surface area contributed by atoms with Gasteiger partial charge in [0, 0.05) is 30.9 Å². The van der Waals surface area contributed by atoms with Gasteiger partial charge < -0.3 is 10.6 Å². The van der Waals surface area contributed by atoms with Crippen LogP contribution in [0.1, 0.15) is 15.6 Å². The molecule has 0 aliphatic heterocycles. The first kappa shape index (κ1) is 17.9. The number of aryl methyl sites for hydroxylation is 2. The van der Waals surface area contributed by atoms with E-state index in [1.165, 1.54) is 4.88 Å². The number of halogens is 1. The van der Waals surface area contributed by atoms with E-state index in [2.05, 4.69) is 25.7 Å². The molecule has 6 nitrogen and oxygen atoms in total. The van der Waals surface area contributed by atoms with E-state index in [0.717, 1.165) is 36.3 Å². The summed E-state index contributed by atoms with van der Waals surface area (Å²) < 4.78 is 1.89. The number of nitrogens with one attached hydrogen (secondary N) is 2. The van der Waals surface area contributed by atoms with Crippen molar-refractivity contribution >= 4 is 41.3 Å². The monoisotopic (exact) mass is 420 g/mol. The molecule has 0 aromatic carbocycles. The number of aromatic nitrogens is 3. The largest absolute Gasteiger partial charge is 0.355 e. The van der Waals surface area contributed by atoms with Crippen LogP contribution in [-0.2, 0) is 13.1 Å². The summed E-state index contributed by atoms with van der Waals surface area (Å²) in [5.41, 5.74) is 1.09. The summed E-state index contributed by atoms with van der Waals surface area (Å²) in [6.07, 6.45) is 3.73. The summed E-state index contributed by atoms with van der Waals surface area (Å²) >= 11 is 1.72. The van der Waals surface area contributed by atoms with Crippen molar-refractivity contribution in [2.24, 2.45) is 4.99 Å². The van der Waals surface area contributed by atoms with Crippen molar-refractivity contribution in [3.63, 3.8) is 0 Å². The molecule has 8 heteroatoms. The molecule has 21 heavy (non-hydrogen) atoms. The number of nitrogens with zero attached hydrogens (tertiary/aromatic N) is 4. The minimum atomic E-state index is 0. The molecule has 0 spiro atoms. The van der Waals surface area contributed by atoms with Crippen LogP contribution in [0.15, 0.2) is 23.5 Å². The molecule has 0 saturated carbocycles. The fourth-order valence-corrected chi connectivity index (χ4v) is 2.72. The molecule has 0 bridgehead atoms. The first-order valence-corrected chi connectivity index (χ1v) is 7.35. The van der Waals surface area contributed by atoms with Crippen LogP contribution in [0.4, 0.5) is 0 Å². The van der Waals surface area contributed by atoms with Crippen molar-refractivity contribution in [1.82, 2.24) is 25.4 Å². The molecule has 116 valence electrons. The normalized spacial score (nSPS) is 11.1. The van der Waals surface area contributed by atoms with Gasteiger partial charge in [0.2, 0.25) is 0 Å². The number of thiazole rings is 1. The van der Waals surface area contributed by atoms with Gasteiger partial charge in [-0.05, 0) is 19.9 Å². The van der Waals surface area contributed by atoms with Crippen molar-refractivity contribution in [1.29, 1.82) is 0 Å². The number of guanidine groups is 1. The van der Waals surface area contributed by atoms with Crippen LogP contribution in [0.25, 0.3) is 0 Å². The second-order valence-electron chi connectivity index (χ2n) is 4.36. The average Bonchev–Trinajstić information content (AvgIpc) is 3.03. The van der Waals surface area contributed by atoms with Gasteiger partial charge in [0.1, 0.15) is 0 Å². The van der Waals surface area contributed by atoms with Crippen LogP contribution in [-0.4, -0.2) is 34.3 Å². The zero-order valence-corrected chi connectivity index (χ0v) is 15.6. The summed E-state index contributed by atoms with van der Waals surface area (Å²) in [6, 6.07) is 1.92. The Hall–Kier alpha value is -1.16. The Bertz CT molecular complexity index is 563. The SMILES string of the molecule is CN=C(NCCn1cccn1)NCc1sc(C)nc1C.I. The smallest absolute Gasteiger partial charge is 0.191 e. The average molecular weight is 420 g/mol. The van der Waals surface area contributed by atoms with Gasteiger partial charge in [0.15, 0.2) is 5.96 Å². The molecule has 0 aliphatic rings. The predicted molar refractivity (Wildman–Crippen MR) is 97.4 cm³/mol. The van der Waals surface area contributed by atoms with Gasteiger partial charge in [-0.15, -0.1) is 35.3 Å². The molecule has 2 aromatic rings. The minimum Gasteiger partial charge on any atom is -0.355 e. The lowest BCUT2D eigenvalue weighted by molar-refractivity contribution is 0.598. The second kappa shape index (κ2) is 8.98. The van der Waals surface area contributed by atoms with Gasteiger partial charge in [0.05, 0.1) is 23.8 Å². The molecule has 2 heterocycles. The molecular formula is C13H21IN6S. The van der Waals surface area contributed by atoms with Gasteiger partial charge >= 0.3 is 0 Å². The quantitative estimate of drug-likeness (QED) is 0.441. The first-order valence-electron chi connectivity index (χ1n) is 6.54. The van der Waals surface area contributed by atoms with Gasteiger partial charge in [-0.25, -0.2) is 4.98 Å². The number of aliphatic imine (C=N–C) groups is 1. The summed E-state index contributed by atoms with van der Waals surface area (Å²) in [4.78, 5) is 9.87. The van der Waals surface area contributed by atoms with Gasteiger partial charge in [-0.1, -0.05) is 0 Å². The van der Waals surface area contributed by atoms with Gasteiger partial charge in [0.25, 0.3) is 0 Å². The Morgan fingerprint density at radius 1 is 1.38 bits per heavy atom. The summed E-state index contributed by atoms with van der Waals surface area (Å²) in [7, 11) is 1.77. The third-order valence-electron chi connectivity index (χ3n) is 2.83. The molecule has 0 atom stereocenters. The van der Waals surface area contributed by atoms with Crippen LogP contribution in [0, 0.1) is 13.8 Å². The zero-order chi connectivity index (χ0) is 14.4. The molecule has 2 rings (SSSR count). The van der Waals surface area contributed by atoms with E-state index in [1.54, 1.807) is 24.6 Å². The maximum absolute atomic E-state index is 4.42. The van der Waals surface area contributed by atoms with E-state index >= 15 is 0 Å². The number of hydrogen-bond acceptors (Lipinski definition) is 4. The highest BCUT2D eigenvalue weighted by Crippen LogP contribution is 2.16. The van der Waals surface area contributed by atoms with Crippen molar-refractivity contribution in [2.75, 3.05) is 13.6 Å². The van der Waals surface area contributed by atoms with E-state index < -0.39 is 0 Å². The Labute approximate surface area is 146 Å². The minimum absolute atomic E-state index is 0. The molecule has 0 saturated heterocycles. The highest BCUT2D eigenvalue weighted by molar-refractivity contribution is 14.0. The van der Waals surface area contributed by atoms with E-state index in [0.29, 0.717) is 0 Å². The zero-order valence-electron chi connectivity index (χ0n) is 12.5. The van der Waals surface area contributed by atoms with E-state index in [4.69, 9.17) is 0 Å². The lowest BCUT2D eigenvalue weighted by Crippen LogP contribution is -2.38. The van der Waals surface area contributed by atoms with Crippen LogP contribution < -0.4 is 10.6 Å². The molecule has 0 aliphatic carbocycles. The van der Waals surface area contributed by atoms with E-state index in [-0.39, 0.29) is 24.0 Å². The number of rotatable bonds is 5. The Morgan fingerprint density at radius 2 is 2.19 bits per heavy atom.